The lowest BCUT2D eigenvalue weighted by Gasteiger charge is -2.21. The van der Waals surface area contributed by atoms with E-state index in [1.165, 1.54) is 0 Å². The molecule has 132 valence electrons. The molecule has 0 radical (unpaired) electrons. The zero-order valence-electron chi connectivity index (χ0n) is 13.8. The molecule has 0 saturated heterocycles. The number of carboxylic acid groups (broad SMARTS) is 1. The van der Waals surface area contributed by atoms with Crippen molar-refractivity contribution < 1.29 is 19.4 Å². The van der Waals surface area contributed by atoms with Crippen LogP contribution in [0.3, 0.4) is 0 Å². The zero-order valence-corrected chi connectivity index (χ0v) is 14.6. The van der Waals surface area contributed by atoms with Crippen LogP contribution in [0.2, 0.25) is 5.02 Å². The molecule has 25 heavy (non-hydrogen) atoms. The van der Waals surface area contributed by atoms with Crippen LogP contribution in [0.15, 0.2) is 54.6 Å². The fourth-order valence-electron chi connectivity index (χ4n) is 2.36. The predicted molar refractivity (Wildman–Crippen MR) is 95.7 cm³/mol. The molecule has 0 aliphatic heterocycles. The molecule has 0 spiro atoms. The fourth-order valence-corrected chi connectivity index (χ4v) is 2.54. The minimum absolute atomic E-state index is 0.0383. The van der Waals surface area contributed by atoms with Crippen LogP contribution in [0.25, 0.3) is 0 Å². The quantitative estimate of drug-likeness (QED) is 0.749. The summed E-state index contributed by atoms with van der Waals surface area (Å²) >= 11 is 5.91. The Labute approximate surface area is 151 Å². The molecule has 1 amide bonds. The highest BCUT2D eigenvalue weighted by Crippen LogP contribution is 2.21. The summed E-state index contributed by atoms with van der Waals surface area (Å²) in [6, 6.07) is 15.7. The molecule has 2 N–H and O–H groups in total. The summed E-state index contributed by atoms with van der Waals surface area (Å²) < 4.78 is 5.61. The number of ether oxygens (including phenoxy) is 1. The van der Waals surface area contributed by atoms with Gasteiger partial charge in [-0.25, -0.2) is 0 Å². The highest BCUT2D eigenvalue weighted by Gasteiger charge is 2.21. The van der Waals surface area contributed by atoms with Gasteiger partial charge in [0.1, 0.15) is 5.75 Å². The largest absolute Gasteiger partial charge is 0.481 e. The van der Waals surface area contributed by atoms with Crippen LogP contribution < -0.4 is 10.1 Å². The summed E-state index contributed by atoms with van der Waals surface area (Å²) in [5, 5.41) is 12.3. The van der Waals surface area contributed by atoms with Gasteiger partial charge in [-0.1, -0.05) is 48.0 Å². The Hall–Kier alpha value is -2.53. The van der Waals surface area contributed by atoms with Gasteiger partial charge in [0.25, 0.3) is 5.91 Å². The van der Waals surface area contributed by atoms with Crippen molar-refractivity contribution in [2.75, 3.05) is 0 Å². The third-order valence-electron chi connectivity index (χ3n) is 3.64. The van der Waals surface area contributed by atoms with Crippen molar-refractivity contribution in [3.8, 4) is 5.75 Å². The average molecular weight is 362 g/mol. The monoisotopic (exact) mass is 361 g/mol. The van der Waals surface area contributed by atoms with Gasteiger partial charge in [-0.15, -0.1) is 0 Å². The molecule has 2 aromatic rings. The van der Waals surface area contributed by atoms with Gasteiger partial charge in [0.2, 0.25) is 0 Å². The maximum absolute atomic E-state index is 12.4. The third-order valence-corrected chi connectivity index (χ3v) is 3.88. The number of halogens is 1. The molecule has 0 fully saturated rings. The lowest BCUT2D eigenvalue weighted by molar-refractivity contribution is -0.137. The van der Waals surface area contributed by atoms with E-state index in [0.29, 0.717) is 17.2 Å². The molecule has 2 rings (SSSR count). The predicted octanol–water partition coefficient (Wildman–Crippen LogP) is 3.83. The van der Waals surface area contributed by atoms with E-state index < -0.39 is 18.1 Å². The van der Waals surface area contributed by atoms with Crippen molar-refractivity contribution >= 4 is 23.5 Å². The van der Waals surface area contributed by atoms with Crippen molar-refractivity contribution in [2.45, 2.75) is 31.9 Å². The molecule has 6 heteroatoms. The lowest BCUT2D eigenvalue weighted by Crippen LogP contribution is -2.38. The van der Waals surface area contributed by atoms with E-state index in [-0.39, 0.29) is 12.3 Å². The van der Waals surface area contributed by atoms with Crippen LogP contribution in [-0.4, -0.2) is 23.1 Å². The van der Waals surface area contributed by atoms with Crippen molar-refractivity contribution in [3.05, 3.63) is 65.2 Å². The van der Waals surface area contributed by atoms with Gasteiger partial charge in [0, 0.05) is 11.4 Å². The lowest BCUT2D eigenvalue weighted by atomic mass is 10.0. The van der Waals surface area contributed by atoms with Crippen LogP contribution >= 0.6 is 11.6 Å². The van der Waals surface area contributed by atoms with Gasteiger partial charge in [-0.3, -0.25) is 9.59 Å². The third kappa shape index (κ3) is 6.12. The maximum Gasteiger partial charge on any atom is 0.303 e. The first-order chi connectivity index (χ1) is 12.0. The van der Waals surface area contributed by atoms with Crippen LogP contribution in [0.1, 0.15) is 31.4 Å². The van der Waals surface area contributed by atoms with Crippen LogP contribution in [0, 0.1) is 0 Å². The number of amides is 1. The van der Waals surface area contributed by atoms with Crippen molar-refractivity contribution in [1.29, 1.82) is 0 Å². The van der Waals surface area contributed by atoms with Gasteiger partial charge in [0.05, 0.1) is 6.04 Å². The first-order valence-corrected chi connectivity index (χ1v) is 8.33. The molecule has 0 heterocycles. The average Bonchev–Trinajstić information content (AvgIpc) is 2.59. The van der Waals surface area contributed by atoms with E-state index in [9.17, 15) is 9.59 Å². The molecular formula is C19H20ClNO4. The highest BCUT2D eigenvalue weighted by molar-refractivity contribution is 6.30. The van der Waals surface area contributed by atoms with Gasteiger partial charge in [-0.2, -0.15) is 0 Å². The van der Waals surface area contributed by atoms with E-state index in [1.54, 1.807) is 31.2 Å². The highest BCUT2D eigenvalue weighted by atomic mass is 35.5. The van der Waals surface area contributed by atoms with Gasteiger partial charge < -0.3 is 15.2 Å². The Morgan fingerprint density at radius 1 is 1.16 bits per heavy atom. The van der Waals surface area contributed by atoms with E-state index >= 15 is 0 Å². The normalized spacial score (nSPS) is 12.9. The molecule has 5 nitrogen and oxygen atoms in total. The Morgan fingerprint density at radius 2 is 1.88 bits per heavy atom. The molecule has 0 saturated carbocycles. The summed E-state index contributed by atoms with van der Waals surface area (Å²) in [6.45, 7) is 1.63. The second-order valence-electron chi connectivity index (χ2n) is 5.62. The number of hydrogen-bond acceptors (Lipinski definition) is 3. The number of benzene rings is 2. The Kier molecular flexibility index (Phi) is 6.83. The van der Waals surface area contributed by atoms with Gasteiger partial charge in [-0.05, 0) is 37.1 Å². The fraction of sp³-hybridized carbons (Fsp3) is 0.263. The standard InChI is InChI=1S/C19H20ClNO4/c1-13(25-16-9-5-8-15(20)12-16)19(24)21-17(10-11-18(22)23)14-6-3-2-4-7-14/h2-9,12-13,17H,10-11H2,1H3,(H,21,24)(H,22,23). The van der Waals surface area contributed by atoms with Gasteiger partial charge >= 0.3 is 5.97 Å². The van der Waals surface area contributed by atoms with Gasteiger partial charge in [0.15, 0.2) is 6.10 Å². The number of aliphatic carboxylic acids is 1. The van der Waals surface area contributed by atoms with E-state index in [2.05, 4.69) is 5.32 Å². The number of carbonyl (C=O) groups is 2. The molecule has 0 bridgehead atoms. The number of rotatable bonds is 8. The molecule has 0 aromatic heterocycles. The van der Waals surface area contributed by atoms with Crippen molar-refractivity contribution in [1.82, 2.24) is 5.32 Å². The summed E-state index contributed by atoms with van der Waals surface area (Å²) in [7, 11) is 0. The van der Waals surface area contributed by atoms with Crippen molar-refractivity contribution in [3.63, 3.8) is 0 Å². The maximum atomic E-state index is 12.4. The molecule has 2 aromatic carbocycles. The van der Waals surface area contributed by atoms with E-state index in [1.807, 2.05) is 30.3 Å². The Balaban J connectivity index is 2.03. The molecule has 0 aliphatic carbocycles. The van der Waals surface area contributed by atoms with Crippen LogP contribution in [0.4, 0.5) is 0 Å². The number of hydrogen-bond donors (Lipinski definition) is 2. The number of carbonyl (C=O) groups excluding carboxylic acids is 1. The molecule has 0 aliphatic rings. The van der Waals surface area contributed by atoms with E-state index in [4.69, 9.17) is 21.4 Å². The summed E-state index contributed by atoms with van der Waals surface area (Å²) in [5.74, 6) is -0.727. The SMILES string of the molecule is CC(Oc1cccc(Cl)c1)C(=O)NC(CCC(=O)O)c1ccccc1. The minimum atomic E-state index is -0.904. The van der Waals surface area contributed by atoms with E-state index in [0.717, 1.165) is 5.56 Å². The zero-order chi connectivity index (χ0) is 18.2. The smallest absolute Gasteiger partial charge is 0.303 e. The number of carboxylic acids is 1. The second-order valence-corrected chi connectivity index (χ2v) is 6.06. The molecule has 2 unspecified atom stereocenters. The molecular weight excluding hydrogens is 342 g/mol. The summed E-state index contributed by atoms with van der Waals surface area (Å²) in [6.07, 6.45) is -0.479. The first-order valence-electron chi connectivity index (χ1n) is 7.95. The Bertz CT molecular complexity index is 720. The van der Waals surface area contributed by atoms with Crippen LogP contribution in [-0.2, 0) is 9.59 Å². The topological polar surface area (TPSA) is 75.6 Å². The van der Waals surface area contributed by atoms with Crippen molar-refractivity contribution in [2.24, 2.45) is 0 Å². The summed E-state index contributed by atoms with van der Waals surface area (Å²) in [5.41, 5.74) is 0.854. The second kappa shape index (κ2) is 9.08. The van der Waals surface area contributed by atoms with Crippen LogP contribution in [0.5, 0.6) is 5.75 Å². The number of nitrogens with one attached hydrogen (secondary N) is 1. The Morgan fingerprint density at radius 3 is 2.52 bits per heavy atom. The minimum Gasteiger partial charge on any atom is -0.481 e. The first kappa shape index (κ1) is 18.8. The summed E-state index contributed by atoms with van der Waals surface area (Å²) in [4.78, 5) is 23.3. The molecule has 2 atom stereocenters.